The van der Waals surface area contributed by atoms with Gasteiger partial charge < -0.3 is 4.90 Å². The molecule has 3 heterocycles. The van der Waals surface area contributed by atoms with Crippen molar-refractivity contribution >= 4 is 39.2 Å². The number of amides is 1. The average molecular weight is 386 g/mol. The molecule has 1 aliphatic heterocycles. The lowest BCUT2D eigenvalue weighted by Gasteiger charge is -2.15. The molecule has 0 atom stereocenters. The number of fused-ring (bicyclic) bond motifs is 1. The van der Waals surface area contributed by atoms with Gasteiger partial charge in [-0.25, -0.2) is 4.98 Å². The first-order valence-electron chi connectivity index (χ1n) is 8.59. The molecular weight excluding hydrogens is 366 g/mol. The molecule has 4 rings (SSSR count). The maximum absolute atomic E-state index is 12.4. The molecule has 1 aromatic carbocycles. The second-order valence-electron chi connectivity index (χ2n) is 6.38. The van der Waals surface area contributed by atoms with E-state index >= 15 is 0 Å². The number of carbonyl (C=O) groups is 1. The van der Waals surface area contributed by atoms with Crippen LogP contribution in [0.25, 0.3) is 10.2 Å². The summed E-state index contributed by atoms with van der Waals surface area (Å²) in [6, 6.07) is 9.63. The summed E-state index contributed by atoms with van der Waals surface area (Å²) >= 11 is 2.96. The van der Waals surface area contributed by atoms with Crippen molar-refractivity contribution in [3.63, 3.8) is 0 Å². The fourth-order valence-electron chi connectivity index (χ4n) is 3.09. The van der Waals surface area contributed by atoms with Crippen LogP contribution in [0.3, 0.4) is 0 Å². The first kappa shape index (κ1) is 17.3. The van der Waals surface area contributed by atoms with Gasteiger partial charge in [0.25, 0.3) is 11.5 Å². The van der Waals surface area contributed by atoms with Crippen molar-refractivity contribution in [2.24, 2.45) is 7.05 Å². The lowest BCUT2D eigenvalue weighted by molar-refractivity contribution is 0.0793. The van der Waals surface area contributed by atoms with Gasteiger partial charge in [0.15, 0.2) is 5.16 Å². The molecule has 1 aliphatic rings. The van der Waals surface area contributed by atoms with Crippen LogP contribution in [-0.4, -0.2) is 33.4 Å². The van der Waals surface area contributed by atoms with E-state index in [9.17, 15) is 9.59 Å². The Morgan fingerprint density at radius 2 is 1.92 bits per heavy atom. The predicted octanol–water partition coefficient (Wildman–Crippen LogP) is 3.52. The predicted molar refractivity (Wildman–Crippen MR) is 106 cm³/mol. The standard InChI is InChI=1S/C19H19N3O2S2/c1-21-18(24)16-15(8-11-25-16)20-19(21)26-12-13-4-6-14(7-5-13)17(23)22-9-2-3-10-22/h4-8,11H,2-3,9-10,12H2,1H3. The SMILES string of the molecule is Cn1c(SCc2ccc(C(=O)N3CCCC3)cc2)nc2ccsc2c1=O. The van der Waals surface area contributed by atoms with Gasteiger partial charge in [0.05, 0.1) is 5.52 Å². The highest BCUT2D eigenvalue weighted by molar-refractivity contribution is 7.98. The molecular formula is C19H19N3O2S2. The molecule has 0 N–H and O–H groups in total. The van der Waals surface area contributed by atoms with E-state index in [4.69, 9.17) is 0 Å². The average Bonchev–Trinajstić information content (AvgIpc) is 3.35. The molecule has 1 saturated heterocycles. The van der Waals surface area contributed by atoms with E-state index in [-0.39, 0.29) is 11.5 Å². The quantitative estimate of drug-likeness (QED) is 0.509. The van der Waals surface area contributed by atoms with Crippen LogP contribution in [0, 0.1) is 0 Å². The first-order valence-corrected chi connectivity index (χ1v) is 10.5. The molecule has 0 radical (unpaired) electrons. The highest BCUT2D eigenvalue weighted by Gasteiger charge is 2.19. The van der Waals surface area contributed by atoms with Crippen LogP contribution in [-0.2, 0) is 12.8 Å². The second kappa shape index (κ2) is 7.25. The van der Waals surface area contributed by atoms with Crippen LogP contribution in [0.5, 0.6) is 0 Å². The molecule has 134 valence electrons. The van der Waals surface area contributed by atoms with Gasteiger partial charge in [-0.05, 0) is 42.0 Å². The van der Waals surface area contributed by atoms with Crippen molar-refractivity contribution in [2.75, 3.05) is 13.1 Å². The van der Waals surface area contributed by atoms with E-state index < -0.39 is 0 Å². The third kappa shape index (κ3) is 3.29. The Balaban J connectivity index is 1.47. The van der Waals surface area contributed by atoms with Crippen molar-refractivity contribution in [2.45, 2.75) is 23.8 Å². The summed E-state index contributed by atoms with van der Waals surface area (Å²) in [6.45, 7) is 1.72. The van der Waals surface area contributed by atoms with Gasteiger partial charge in [0, 0.05) is 31.5 Å². The monoisotopic (exact) mass is 385 g/mol. The number of likely N-dealkylation sites (tertiary alicyclic amines) is 1. The zero-order chi connectivity index (χ0) is 18.1. The molecule has 7 heteroatoms. The number of hydrogen-bond acceptors (Lipinski definition) is 5. The van der Waals surface area contributed by atoms with Gasteiger partial charge in [0.2, 0.25) is 0 Å². The second-order valence-corrected chi connectivity index (χ2v) is 8.24. The lowest BCUT2D eigenvalue weighted by atomic mass is 10.1. The topological polar surface area (TPSA) is 55.2 Å². The van der Waals surface area contributed by atoms with Crippen LogP contribution in [0.15, 0.2) is 45.7 Å². The van der Waals surface area contributed by atoms with Crippen LogP contribution in [0.2, 0.25) is 0 Å². The maximum Gasteiger partial charge on any atom is 0.271 e. The van der Waals surface area contributed by atoms with Gasteiger partial charge in [0.1, 0.15) is 4.70 Å². The van der Waals surface area contributed by atoms with Gasteiger partial charge in [-0.15, -0.1) is 11.3 Å². The van der Waals surface area contributed by atoms with Gasteiger partial charge in [-0.3, -0.25) is 14.2 Å². The molecule has 0 spiro atoms. The summed E-state index contributed by atoms with van der Waals surface area (Å²) in [6.07, 6.45) is 2.20. The van der Waals surface area contributed by atoms with Crippen molar-refractivity contribution < 1.29 is 4.79 Å². The summed E-state index contributed by atoms with van der Waals surface area (Å²) in [5, 5.41) is 2.60. The van der Waals surface area contributed by atoms with Crippen molar-refractivity contribution in [1.82, 2.24) is 14.5 Å². The van der Waals surface area contributed by atoms with Crippen molar-refractivity contribution in [1.29, 1.82) is 0 Å². The van der Waals surface area contributed by atoms with Gasteiger partial charge in [-0.1, -0.05) is 23.9 Å². The molecule has 0 bridgehead atoms. The van der Waals surface area contributed by atoms with Crippen LogP contribution < -0.4 is 5.56 Å². The Hall–Kier alpha value is -2.12. The summed E-state index contributed by atoms with van der Waals surface area (Å²) < 4.78 is 2.30. The van der Waals surface area contributed by atoms with E-state index in [0.717, 1.165) is 42.6 Å². The van der Waals surface area contributed by atoms with E-state index in [0.29, 0.717) is 15.6 Å². The van der Waals surface area contributed by atoms with E-state index in [1.807, 2.05) is 40.6 Å². The molecule has 0 aliphatic carbocycles. The molecule has 0 unspecified atom stereocenters. The molecule has 26 heavy (non-hydrogen) atoms. The summed E-state index contributed by atoms with van der Waals surface area (Å²) in [5.41, 5.74) is 2.60. The minimum Gasteiger partial charge on any atom is -0.339 e. The normalized spacial score (nSPS) is 14.3. The zero-order valence-electron chi connectivity index (χ0n) is 14.5. The van der Waals surface area contributed by atoms with Crippen molar-refractivity contribution in [3.05, 3.63) is 57.2 Å². The van der Waals surface area contributed by atoms with Crippen LogP contribution >= 0.6 is 23.1 Å². The Morgan fingerprint density at radius 3 is 2.65 bits per heavy atom. The number of thioether (sulfide) groups is 1. The minimum absolute atomic E-state index is 0.000872. The van der Waals surface area contributed by atoms with E-state index in [2.05, 4.69) is 4.98 Å². The number of carbonyl (C=O) groups excluding carboxylic acids is 1. The minimum atomic E-state index is -0.000872. The molecule has 3 aromatic rings. The molecule has 1 amide bonds. The highest BCUT2D eigenvalue weighted by Crippen LogP contribution is 2.23. The summed E-state index contributed by atoms with van der Waals surface area (Å²) in [4.78, 5) is 31.2. The number of hydrogen-bond donors (Lipinski definition) is 0. The number of thiophene rings is 1. The number of benzene rings is 1. The van der Waals surface area contributed by atoms with Crippen LogP contribution in [0.4, 0.5) is 0 Å². The fourth-order valence-corrected chi connectivity index (χ4v) is 4.82. The van der Waals surface area contributed by atoms with Gasteiger partial charge in [-0.2, -0.15) is 0 Å². The Morgan fingerprint density at radius 1 is 1.19 bits per heavy atom. The van der Waals surface area contributed by atoms with E-state index in [1.54, 1.807) is 11.6 Å². The number of rotatable bonds is 4. The third-order valence-electron chi connectivity index (χ3n) is 4.61. The molecule has 1 fully saturated rings. The summed E-state index contributed by atoms with van der Waals surface area (Å²) in [7, 11) is 1.76. The first-order chi connectivity index (χ1) is 12.6. The fraction of sp³-hybridized carbons (Fsp3) is 0.316. The largest absolute Gasteiger partial charge is 0.339 e. The molecule has 0 saturated carbocycles. The van der Waals surface area contributed by atoms with E-state index in [1.165, 1.54) is 23.1 Å². The number of nitrogens with zero attached hydrogens (tertiary/aromatic N) is 3. The lowest BCUT2D eigenvalue weighted by Crippen LogP contribution is -2.27. The molecule has 5 nitrogen and oxygen atoms in total. The van der Waals surface area contributed by atoms with Gasteiger partial charge >= 0.3 is 0 Å². The van der Waals surface area contributed by atoms with Crippen molar-refractivity contribution in [3.8, 4) is 0 Å². The Bertz CT molecular complexity index is 1000. The van der Waals surface area contributed by atoms with Crippen LogP contribution in [0.1, 0.15) is 28.8 Å². The molecule has 2 aromatic heterocycles. The zero-order valence-corrected chi connectivity index (χ0v) is 16.1. The smallest absolute Gasteiger partial charge is 0.271 e. The Kier molecular flexibility index (Phi) is 4.82. The summed E-state index contributed by atoms with van der Waals surface area (Å²) in [5.74, 6) is 0.822. The third-order valence-corrected chi connectivity index (χ3v) is 6.60. The maximum atomic E-state index is 12.4. The Labute approximate surface area is 159 Å². The highest BCUT2D eigenvalue weighted by atomic mass is 32.2. The number of aromatic nitrogens is 2.